The maximum atomic E-state index is 14.2. The van der Waals surface area contributed by atoms with E-state index in [-0.39, 0.29) is 18.4 Å². The molecule has 0 bridgehead atoms. The number of carbonyl (C=O) groups is 2. The van der Waals surface area contributed by atoms with Gasteiger partial charge in [0.2, 0.25) is 5.91 Å². The van der Waals surface area contributed by atoms with Crippen LogP contribution in [-0.2, 0) is 16.1 Å². The van der Waals surface area contributed by atoms with Gasteiger partial charge in [0, 0.05) is 29.0 Å². The first-order valence-corrected chi connectivity index (χ1v) is 13.4. The Labute approximate surface area is 222 Å². The highest BCUT2D eigenvalue weighted by Crippen LogP contribution is 2.42. The minimum absolute atomic E-state index is 0.0875. The van der Waals surface area contributed by atoms with Crippen LogP contribution in [0, 0.1) is 5.82 Å². The summed E-state index contributed by atoms with van der Waals surface area (Å²) in [6, 6.07) is 24.7. The Balaban J connectivity index is 1.37. The van der Waals surface area contributed by atoms with Gasteiger partial charge in [0.05, 0.1) is 23.2 Å². The van der Waals surface area contributed by atoms with Gasteiger partial charge in [0.1, 0.15) is 18.9 Å². The van der Waals surface area contributed by atoms with E-state index in [1.165, 1.54) is 33.2 Å². The van der Waals surface area contributed by atoms with Gasteiger partial charge >= 0.3 is 0 Å². The highest BCUT2D eigenvalue weighted by molar-refractivity contribution is 8.04. The van der Waals surface area contributed by atoms with Crippen molar-refractivity contribution in [3.8, 4) is 0 Å². The molecule has 0 spiro atoms. The number of amides is 2. The third kappa shape index (κ3) is 7.08. The lowest BCUT2D eigenvalue weighted by Crippen LogP contribution is -3.13. The molecule has 7 heteroatoms. The molecule has 192 valence electrons. The SMILES string of the molecule is CC(C)[NH+](CCCNC(=O)CN1C(=O)C(=Cc2ccccc2F)Sc2ccccc21)Cc1ccccc1. The third-order valence-electron chi connectivity index (χ3n) is 6.41. The van der Waals surface area contributed by atoms with Crippen molar-refractivity contribution in [2.45, 2.75) is 37.8 Å². The number of halogens is 1. The second-order valence-electron chi connectivity index (χ2n) is 9.42. The number of nitrogens with one attached hydrogen (secondary N) is 2. The molecule has 0 fully saturated rings. The van der Waals surface area contributed by atoms with E-state index < -0.39 is 5.82 Å². The van der Waals surface area contributed by atoms with Crippen LogP contribution in [0.4, 0.5) is 10.1 Å². The zero-order chi connectivity index (χ0) is 26.2. The topological polar surface area (TPSA) is 53.9 Å². The van der Waals surface area contributed by atoms with Crippen LogP contribution in [0.15, 0.2) is 88.7 Å². The Morgan fingerprint density at radius 1 is 1.03 bits per heavy atom. The molecule has 0 aliphatic carbocycles. The number of hydrogen-bond acceptors (Lipinski definition) is 3. The highest BCUT2D eigenvalue weighted by Gasteiger charge is 2.30. The average Bonchev–Trinajstić information content (AvgIpc) is 2.90. The van der Waals surface area contributed by atoms with Crippen LogP contribution in [0.2, 0.25) is 0 Å². The van der Waals surface area contributed by atoms with Crippen LogP contribution in [-0.4, -0.2) is 37.5 Å². The van der Waals surface area contributed by atoms with Crippen molar-refractivity contribution in [2.75, 3.05) is 24.5 Å². The van der Waals surface area contributed by atoms with Gasteiger partial charge in [-0.1, -0.05) is 72.4 Å². The smallest absolute Gasteiger partial charge is 0.265 e. The maximum Gasteiger partial charge on any atom is 0.265 e. The van der Waals surface area contributed by atoms with Crippen LogP contribution < -0.4 is 15.1 Å². The van der Waals surface area contributed by atoms with Crippen LogP contribution in [0.5, 0.6) is 0 Å². The standard InChI is InChI=1S/C30H32FN3O2S/c1-22(2)33(20-23-11-4-3-5-12-23)18-10-17-32-29(35)21-34-26-15-8-9-16-27(26)37-28(30(34)36)19-24-13-6-7-14-25(24)31/h3-9,11-16,19,22H,10,17-18,20-21H2,1-2H3,(H,32,35)/p+1. The van der Waals surface area contributed by atoms with Crippen LogP contribution in [0.1, 0.15) is 31.4 Å². The lowest BCUT2D eigenvalue weighted by Gasteiger charge is -2.30. The molecule has 2 amide bonds. The number of benzene rings is 3. The normalized spacial score (nSPS) is 15.1. The Kier molecular flexibility index (Phi) is 9.14. The number of hydrogen-bond donors (Lipinski definition) is 2. The monoisotopic (exact) mass is 518 g/mol. The molecule has 1 aliphatic heterocycles. The van der Waals surface area contributed by atoms with Crippen molar-refractivity contribution in [2.24, 2.45) is 0 Å². The Morgan fingerprint density at radius 2 is 1.73 bits per heavy atom. The predicted octanol–water partition coefficient (Wildman–Crippen LogP) is 4.31. The fourth-order valence-corrected chi connectivity index (χ4v) is 5.38. The first kappa shape index (κ1) is 26.6. The van der Waals surface area contributed by atoms with Gasteiger partial charge in [-0.2, -0.15) is 0 Å². The maximum absolute atomic E-state index is 14.2. The number of thioether (sulfide) groups is 1. The lowest BCUT2D eigenvalue weighted by atomic mass is 10.2. The van der Waals surface area contributed by atoms with Crippen molar-refractivity contribution in [3.63, 3.8) is 0 Å². The molecule has 1 heterocycles. The number of nitrogens with zero attached hydrogens (tertiary/aromatic N) is 1. The molecule has 1 atom stereocenters. The van der Waals surface area contributed by atoms with E-state index in [0.29, 0.717) is 28.7 Å². The zero-order valence-electron chi connectivity index (χ0n) is 21.2. The average molecular weight is 519 g/mol. The minimum atomic E-state index is -0.392. The number of rotatable bonds is 10. The molecule has 1 aliphatic rings. The summed E-state index contributed by atoms with van der Waals surface area (Å²) in [5.41, 5.74) is 2.33. The van der Waals surface area contributed by atoms with E-state index in [1.807, 2.05) is 30.3 Å². The first-order chi connectivity index (χ1) is 17.9. The molecule has 1 unspecified atom stereocenters. The Hall–Kier alpha value is -3.42. The predicted molar refractivity (Wildman–Crippen MR) is 148 cm³/mol. The summed E-state index contributed by atoms with van der Waals surface area (Å²) >= 11 is 1.30. The van der Waals surface area contributed by atoms with Gasteiger partial charge in [-0.05, 0) is 38.1 Å². The van der Waals surface area contributed by atoms with Crippen LogP contribution in [0.3, 0.4) is 0 Å². The van der Waals surface area contributed by atoms with E-state index in [1.54, 1.807) is 24.3 Å². The molecule has 5 nitrogen and oxygen atoms in total. The summed E-state index contributed by atoms with van der Waals surface area (Å²) in [5, 5.41) is 2.98. The molecule has 0 saturated carbocycles. The van der Waals surface area contributed by atoms with Gasteiger partial charge in [-0.3, -0.25) is 14.5 Å². The fraction of sp³-hybridized carbons (Fsp3) is 0.267. The Morgan fingerprint density at radius 3 is 2.49 bits per heavy atom. The molecule has 3 aromatic rings. The van der Waals surface area contributed by atoms with Crippen LogP contribution in [0.25, 0.3) is 6.08 Å². The molecule has 0 saturated heterocycles. The summed E-state index contributed by atoms with van der Waals surface area (Å²) in [5.74, 6) is -0.911. The van der Waals surface area contributed by atoms with E-state index >= 15 is 0 Å². The van der Waals surface area contributed by atoms with E-state index in [2.05, 4.69) is 43.4 Å². The number of carbonyl (C=O) groups excluding carboxylic acids is 2. The van der Waals surface area contributed by atoms with Gasteiger partial charge in [-0.15, -0.1) is 0 Å². The third-order valence-corrected chi connectivity index (χ3v) is 7.49. The largest absolute Gasteiger partial charge is 0.354 e. The van der Waals surface area contributed by atoms with Gasteiger partial charge in [-0.25, -0.2) is 4.39 Å². The number of para-hydroxylation sites is 1. The molecule has 3 aromatic carbocycles. The molecule has 37 heavy (non-hydrogen) atoms. The summed E-state index contributed by atoms with van der Waals surface area (Å²) < 4.78 is 14.2. The highest BCUT2D eigenvalue weighted by atomic mass is 32.2. The minimum Gasteiger partial charge on any atom is -0.354 e. The van der Waals surface area contributed by atoms with Gasteiger partial charge in [0.25, 0.3) is 5.91 Å². The summed E-state index contributed by atoms with van der Waals surface area (Å²) in [6.07, 6.45) is 2.39. The molecular formula is C30H33FN3O2S+. The van der Waals surface area contributed by atoms with Crippen LogP contribution >= 0.6 is 11.8 Å². The number of anilines is 1. The number of quaternary nitrogens is 1. The second kappa shape index (κ2) is 12.7. The molecule has 4 rings (SSSR count). The summed E-state index contributed by atoms with van der Waals surface area (Å²) in [4.78, 5) is 30.4. The quantitative estimate of drug-likeness (QED) is 0.311. The molecule has 0 radical (unpaired) electrons. The van der Waals surface area contributed by atoms with E-state index in [4.69, 9.17) is 0 Å². The van der Waals surface area contributed by atoms with Crippen molar-refractivity contribution < 1.29 is 18.9 Å². The lowest BCUT2D eigenvalue weighted by molar-refractivity contribution is -0.935. The van der Waals surface area contributed by atoms with E-state index in [9.17, 15) is 14.0 Å². The van der Waals surface area contributed by atoms with Crippen molar-refractivity contribution in [3.05, 3.63) is 101 Å². The first-order valence-electron chi connectivity index (χ1n) is 12.6. The van der Waals surface area contributed by atoms with Crippen molar-refractivity contribution in [1.82, 2.24) is 5.32 Å². The van der Waals surface area contributed by atoms with Crippen molar-refractivity contribution in [1.29, 1.82) is 0 Å². The zero-order valence-corrected chi connectivity index (χ0v) is 22.1. The van der Waals surface area contributed by atoms with Gasteiger partial charge in [0.15, 0.2) is 0 Å². The summed E-state index contributed by atoms with van der Waals surface area (Å²) in [6.45, 7) is 6.75. The molecule has 2 N–H and O–H groups in total. The van der Waals surface area contributed by atoms with Crippen molar-refractivity contribution >= 4 is 35.3 Å². The van der Waals surface area contributed by atoms with Gasteiger partial charge < -0.3 is 10.2 Å². The number of fused-ring (bicyclic) bond motifs is 1. The second-order valence-corrected chi connectivity index (χ2v) is 10.5. The molecule has 0 aromatic heterocycles. The van der Waals surface area contributed by atoms with E-state index in [0.717, 1.165) is 24.4 Å². The Bertz CT molecular complexity index is 1260. The fourth-order valence-electron chi connectivity index (χ4n) is 4.33. The summed E-state index contributed by atoms with van der Waals surface area (Å²) in [7, 11) is 0. The molecular weight excluding hydrogens is 485 g/mol.